The summed E-state index contributed by atoms with van der Waals surface area (Å²) in [6.07, 6.45) is 1.53. The van der Waals surface area contributed by atoms with Crippen molar-refractivity contribution >= 4 is 5.91 Å². The van der Waals surface area contributed by atoms with Gasteiger partial charge in [-0.05, 0) is 41.1 Å². The number of rotatable bonds is 2. The van der Waals surface area contributed by atoms with Crippen LogP contribution in [-0.2, 0) is 4.74 Å². The molecule has 7 nitrogen and oxygen atoms in total. The Kier molecular flexibility index (Phi) is 3.42. The monoisotopic (exact) mass is 273 g/mol. The minimum atomic E-state index is 0.0414. The zero-order valence-electron chi connectivity index (χ0n) is 11.2. The minimum absolute atomic E-state index is 0.0414. The lowest BCUT2D eigenvalue weighted by Gasteiger charge is -2.27. The van der Waals surface area contributed by atoms with E-state index in [2.05, 4.69) is 15.5 Å². The molecule has 0 saturated carbocycles. The lowest BCUT2D eigenvalue weighted by Crippen LogP contribution is -2.40. The van der Waals surface area contributed by atoms with Gasteiger partial charge in [0.2, 0.25) is 0 Å². The highest BCUT2D eigenvalue weighted by Gasteiger charge is 2.19. The summed E-state index contributed by atoms with van der Waals surface area (Å²) in [6, 6.07) is 5.54. The topological polar surface area (TPSA) is 73.1 Å². The van der Waals surface area contributed by atoms with Gasteiger partial charge < -0.3 is 9.64 Å². The summed E-state index contributed by atoms with van der Waals surface area (Å²) in [4.78, 5) is 14.2. The van der Waals surface area contributed by atoms with Crippen molar-refractivity contribution in [3.8, 4) is 5.69 Å². The van der Waals surface area contributed by atoms with Crippen molar-refractivity contribution in [1.82, 2.24) is 25.1 Å². The molecule has 0 bridgehead atoms. The molecule has 104 valence electrons. The Morgan fingerprint density at radius 3 is 2.75 bits per heavy atom. The molecule has 0 N–H and O–H groups in total. The van der Waals surface area contributed by atoms with Gasteiger partial charge in [-0.2, -0.15) is 0 Å². The van der Waals surface area contributed by atoms with Crippen molar-refractivity contribution in [3.05, 3.63) is 35.7 Å². The first kappa shape index (κ1) is 12.7. The summed E-state index contributed by atoms with van der Waals surface area (Å²) in [5.41, 5.74) is 2.51. The zero-order chi connectivity index (χ0) is 13.9. The van der Waals surface area contributed by atoms with Crippen molar-refractivity contribution in [2.75, 3.05) is 26.3 Å². The number of carbonyl (C=O) groups is 1. The van der Waals surface area contributed by atoms with Gasteiger partial charge in [0.15, 0.2) is 0 Å². The second-order valence-corrected chi connectivity index (χ2v) is 4.66. The fraction of sp³-hybridized carbons (Fsp3) is 0.385. The van der Waals surface area contributed by atoms with Gasteiger partial charge in [-0.1, -0.05) is 0 Å². The number of aryl methyl sites for hydroxylation is 1. The predicted octanol–water partition coefficient (Wildman–Crippen LogP) is 0.443. The molecule has 0 aliphatic carbocycles. The molecule has 20 heavy (non-hydrogen) atoms. The van der Waals surface area contributed by atoms with Gasteiger partial charge in [0.05, 0.1) is 18.9 Å². The third-order valence-corrected chi connectivity index (χ3v) is 3.34. The van der Waals surface area contributed by atoms with Gasteiger partial charge in [0.25, 0.3) is 5.91 Å². The maximum Gasteiger partial charge on any atom is 0.254 e. The summed E-state index contributed by atoms with van der Waals surface area (Å²) < 4.78 is 6.84. The zero-order valence-corrected chi connectivity index (χ0v) is 11.2. The van der Waals surface area contributed by atoms with Crippen LogP contribution in [0.4, 0.5) is 0 Å². The summed E-state index contributed by atoms with van der Waals surface area (Å²) in [7, 11) is 0. The van der Waals surface area contributed by atoms with Crippen molar-refractivity contribution in [2.45, 2.75) is 6.92 Å². The highest BCUT2D eigenvalue weighted by molar-refractivity contribution is 5.94. The molecule has 1 aromatic carbocycles. The van der Waals surface area contributed by atoms with Crippen molar-refractivity contribution in [3.63, 3.8) is 0 Å². The van der Waals surface area contributed by atoms with Crippen LogP contribution < -0.4 is 0 Å². The molecule has 3 rings (SSSR count). The SMILES string of the molecule is Cc1cc(C(=O)N2CCOCC2)ccc1-n1cnnn1. The van der Waals surface area contributed by atoms with E-state index in [1.54, 1.807) is 4.68 Å². The standard InChI is InChI=1S/C13H15N5O2/c1-10-8-11(13(19)17-4-6-20-7-5-17)2-3-12(10)18-9-14-15-16-18/h2-3,8-9H,4-7H2,1H3. The third kappa shape index (κ3) is 2.39. The van der Waals surface area contributed by atoms with Gasteiger partial charge in [0, 0.05) is 18.7 Å². The van der Waals surface area contributed by atoms with Crippen molar-refractivity contribution < 1.29 is 9.53 Å². The van der Waals surface area contributed by atoms with Crippen LogP contribution in [0.1, 0.15) is 15.9 Å². The van der Waals surface area contributed by atoms with E-state index in [4.69, 9.17) is 4.74 Å². The van der Waals surface area contributed by atoms with E-state index in [0.29, 0.717) is 31.9 Å². The second-order valence-electron chi connectivity index (χ2n) is 4.66. The molecule has 1 aromatic heterocycles. The first-order valence-electron chi connectivity index (χ1n) is 6.47. The van der Waals surface area contributed by atoms with E-state index < -0.39 is 0 Å². The first-order valence-corrected chi connectivity index (χ1v) is 6.47. The smallest absolute Gasteiger partial charge is 0.254 e. The second kappa shape index (κ2) is 5.38. The maximum absolute atomic E-state index is 12.4. The van der Waals surface area contributed by atoms with Crippen molar-refractivity contribution in [2.24, 2.45) is 0 Å². The minimum Gasteiger partial charge on any atom is -0.378 e. The van der Waals surface area contributed by atoms with Crippen LogP contribution >= 0.6 is 0 Å². The Labute approximate surface area is 116 Å². The van der Waals surface area contributed by atoms with Crippen LogP contribution in [-0.4, -0.2) is 57.3 Å². The fourth-order valence-electron chi connectivity index (χ4n) is 2.27. The van der Waals surface area contributed by atoms with E-state index >= 15 is 0 Å². The Morgan fingerprint density at radius 1 is 1.30 bits per heavy atom. The predicted molar refractivity (Wildman–Crippen MR) is 70.6 cm³/mol. The number of hydrogen-bond acceptors (Lipinski definition) is 5. The Morgan fingerprint density at radius 2 is 2.10 bits per heavy atom. The molecule has 1 amide bonds. The number of amides is 1. The number of carbonyl (C=O) groups excluding carboxylic acids is 1. The number of nitrogens with zero attached hydrogens (tertiary/aromatic N) is 5. The third-order valence-electron chi connectivity index (χ3n) is 3.34. The van der Waals surface area contributed by atoms with Gasteiger partial charge in [-0.3, -0.25) is 4.79 Å². The molecule has 2 heterocycles. The molecule has 1 saturated heterocycles. The number of benzene rings is 1. The van der Waals surface area contributed by atoms with E-state index in [1.165, 1.54) is 6.33 Å². The summed E-state index contributed by atoms with van der Waals surface area (Å²) in [5.74, 6) is 0.0414. The fourth-order valence-corrected chi connectivity index (χ4v) is 2.27. The molecule has 1 aliphatic rings. The maximum atomic E-state index is 12.4. The van der Waals surface area contributed by atoms with Gasteiger partial charge in [-0.15, -0.1) is 5.10 Å². The molecule has 1 aliphatic heterocycles. The van der Waals surface area contributed by atoms with Crippen molar-refractivity contribution in [1.29, 1.82) is 0 Å². The van der Waals surface area contributed by atoms with E-state index in [9.17, 15) is 4.79 Å². The Balaban J connectivity index is 1.84. The van der Waals surface area contributed by atoms with Crippen LogP contribution in [0, 0.1) is 6.92 Å². The molecular weight excluding hydrogens is 258 g/mol. The average molecular weight is 273 g/mol. The molecule has 0 atom stereocenters. The summed E-state index contributed by atoms with van der Waals surface area (Å²) in [5, 5.41) is 11.1. The molecule has 2 aromatic rings. The first-order chi connectivity index (χ1) is 9.75. The van der Waals surface area contributed by atoms with Gasteiger partial charge in [0.1, 0.15) is 6.33 Å². The van der Waals surface area contributed by atoms with Crippen LogP contribution in [0.25, 0.3) is 5.69 Å². The number of ether oxygens (including phenoxy) is 1. The lowest BCUT2D eigenvalue weighted by atomic mass is 10.1. The molecule has 1 fully saturated rings. The number of morpholine rings is 1. The molecular formula is C13H15N5O2. The highest BCUT2D eigenvalue weighted by atomic mass is 16.5. The molecule has 0 unspecified atom stereocenters. The normalized spacial score (nSPS) is 15.3. The van der Waals surface area contributed by atoms with E-state index in [1.807, 2.05) is 30.0 Å². The van der Waals surface area contributed by atoms with Crippen LogP contribution in [0.3, 0.4) is 0 Å². The van der Waals surface area contributed by atoms with E-state index in [0.717, 1.165) is 11.3 Å². The number of tetrazole rings is 1. The van der Waals surface area contributed by atoms with E-state index in [-0.39, 0.29) is 5.91 Å². The number of aromatic nitrogens is 4. The van der Waals surface area contributed by atoms with Crippen LogP contribution in [0.2, 0.25) is 0 Å². The van der Waals surface area contributed by atoms with Gasteiger partial charge >= 0.3 is 0 Å². The Hall–Kier alpha value is -2.28. The molecule has 7 heteroatoms. The molecule has 0 spiro atoms. The van der Waals surface area contributed by atoms with Gasteiger partial charge in [-0.25, -0.2) is 4.68 Å². The lowest BCUT2D eigenvalue weighted by molar-refractivity contribution is 0.0303. The quantitative estimate of drug-likeness (QED) is 0.794. The Bertz CT molecular complexity index is 605. The van der Waals surface area contributed by atoms with Crippen LogP contribution in [0.5, 0.6) is 0 Å². The average Bonchev–Trinajstić information content (AvgIpc) is 3.01. The highest BCUT2D eigenvalue weighted by Crippen LogP contribution is 2.16. The molecule has 0 radical (unpaired) electrons. The van der Waals surface area contributed by atoms with Crippen LogP contribution in [0.15, 0.2) is 24.5 Å². The number of hydrogen-bond donors (Lipinski definition) is 0. The summed E-state index contributed by atoms with van der Waals surface area (Å²) >= 11 is 0. The largest absolute Gasteiger partial charge is 0.378 e. The summed E-state index contributed by atoms with van der Waals surface area (Å²) in [6.45, 7) is 4.44.